The predicted octanol–water partition coefficient (Wildman–Crippen LogP) is 1.78. The lowest BCUT2D eigenvalue weighted by Gasteiger charge is -2.35. The van der Waals surface area contributed by atoms with E-state index >= 15 is 0 Å². The third-order valence-corrected chi connectivity index (χ3v) is 3.32. The van der Waals surface area contributed by atoms with Gasteiger partial charge in [0.2, 0.25) is 0 Å². The van der Waals surface area contributed by atoms with Crippen molar-refractivity contribution in [3.63, 3.8) is 0 Å². The van der Waals surface area contributed by atoms with Crippen molar-refractivity contribution in [2.45, 2.75) is 58.3 Å². The summed E-state index contributed by atoms with van der Waals surface area (Å²) in [6.45, 7) is 10.2. The summed E-state index contributed by atoms with van der Waals surface area (Å²) >= 11 is 0. The first-order chi connectivity index (χ1) is 6.58. The smallest absolute Gasteiger partial charge is 0.0312 e. The van der Waals surface area contributed by atoms with Crippen molar-refractivity contribution in [3.05, 3.63) is 11.6 Å². The van der Waals surface area contributed by atoms with Crippen LogP contribution < -0.4 is 5.32 Å². The van der Waals surface area contributed by atoms with Crippen LogP contribution >= 0.6 is 0 Å². The number of rotatable bonds is 3. The van der Waals surface area contributed by atoms with E-state index in [1.54, 1.807) is 5.57 Å². The van der Waals surface area contributed by atoms with Crippen molar-refractivity contribution < 1.29 is 0 Å². The van der Waals surface area contributed by atoms with Crippen LogP contribution in [-0.2, 0) is 0 Å². The molecule has 0 saturated heterocycles. The Labute approximate surface area is 87.4 Å². The number of hydrogen-bond donors (Lipinski definition) is 1. The second-order valence-corrected chi connectivity index (χ2v) is 5.18. The first kappa shape index (κ1) is 10.2. The molecule has 2 nitrogen and oxygen atoms in total. The highest BCUT2D eigenvalue weighted by Gasteiger charge is 2.38. The van der Waals surface area contributed by atoms with Gasteiger partial charge in [-0.25, -0.2) is 0 Å². The number of nitrogens with one attached hydrogen (secondary N) is 1. The first-order valence-electron chi connectivity index (χ1n) is 5.80. The zero-order valence-electron chi connectivity index (χ0n) is 9.75. The van der Waals surface area contributed by atoms with Gasteiger partial charge in [-0.3, -0.25) is 4.90 Å². The van der Waals surface area contributed by atoms with Crippen LogP contribution in [-0.4, -0.2) is 35.6 Å². The van der Waals surface area contributed by atoms with Crippen molar-refractivity contribution in [2.75, 3.05) is 6.54 Å². The van der Waals surface area contributed by atoms with Crippen molar-refractivity contribution in [3.8, 4) is 0 Å². The topological polar surface area (TPSA) is 15.3 Å². The molecular formula is C12H22N2. The van der Waals surface area contributed by atoms with Gasteiger partial charge in [-0.2, -0.15) is 0 Å². The Morgan fingerprint density at radius 2 is 2.07 bits per heavy atom. The van der Waals surface area contributed by atoms with Gasteiger partial charge >= 0.3 is 0 Å². The largest absolute Gasteiger partial charge is 0.308 e. The maximum absolute atomic E-state index is 3.64. The Hall–Kier alpha value is -0.340. The van der Waals surface area contributed by atoms with E-state index in [-0.39, 0.29) is 0 Å². The summed E-state index contributed by atoms with van der Waals surface area (Å²) in [7, 11) is 0. The number of fused-ring (bicyclic) bond motifs is 1. The minimum Gasteiger partial charge on any atom is -0.308 e. The lowest BCUT2D eigenvalue weighted by molar-refractivity contribution is 0.178. The van der Waals surface area contributed by atoms with Gasteiger partial charge in [-0.05, 0) is 25.8 Å². The molecule has 0 aromatic heterocycles. The number of likely N-dealkylation sites (tertiary alicyclic amines) is 1. The molecule has 2 aliphatic rings. The molecule has 0 aromatic carbocycles. The summed E-state index contributed by atoms with van der Waals surface area (Å²) in [6, 6.07) is 2.66. The minimum absolute atomic E-state index is 0.604. The average Bonchev–Trinajstić information content (AvgIpc) is 2.60. The molecule has 0 aromatic rings. The van der Waals surface area contributed by atoms with Crippen LogP contribution in [0.5, 0.6) is 0 Å². The van der Waals surface area contributed by atoms with E-state index in [0.717, 1.165) is 0 Å². The molecule has 0 radical (unpaired) electrons. The van der Waals surface area contributed by atoms with Crippen LogP contribution in [0.3, 0.4) is 0 Å². The van der Waals surface area contributed by atoms with Gasteiger partial charge in [-0.15, -0.1) is 0 Å². The molecule has 2 unspecified atom stereocenters. The fraction of sp³-hybridized carbons (Fsp3) is 0.833. The standard InChI is InChI=1S/C12H22N2/c1-8(2)13-12-6-11-5-10(12)7-14(11)9(3)4/h5,8-9,11-13H,6-7H2,1-4H3. The van der Waals surface area contributed by atoms with E-state index in [9.17, 15) is 0 Å². The molecule has 1 aliphatic heterocycles. The molecule has 1 N–H and O–H groups in total. The fourth-order valence-electron chi connectivity index (χ4n) is 2.69. The fourth-order valence-corrected chi connectivity index (χ4v) is 2.69. The third-order valence-electron chi connectivity index (χ3n) is 3.32. The molecule has 14 heavy (non-hydrogen) atoms. The van der Waals surface area contributed by atoms with Gasteiger partial charge in [0.05, 0.1) is 0 Å². The average molecular weight is 194 g/mol. The molecule has 0 saturated carbocycles. The summed E-state index contributed by atoms with van der Waals surface area (Å²) in [6.07, 6.45) is 3.76. The molecule has 2 atom stereocenters. The Balaban J connectivity index is 1.93. The van der Waals surface area contributed by atoms with Crippen molar-refractivity contribution in [1.82, 2.24) is 10.2 Å². The molecule has 0 spiro atoms. The summed E-state index contributed by atoms with van der Waals surface area (Å²) in [4.78, 5) is 2.59. The van der Waals surface area contributed by atoms with Crippen LogP contribution in [0.4, 0.5) is 0 Å². The van der Waals surface area contributed by atoms with Crippen LogP contribution in [0.15, 0.2) is 11.6 Å². The number of hydrogen-bond acceptors (Lipinski definition) is 2. The summed E-state index contributed by atoms with van der Waals surface area (Å²) < 4.78 is 0. The monoisotopic (exact) mass is 194 g/mol. The highest BCUT2D eigenvalue weighted by molar-refractivity contribution is 5.29. The molecule has 1 aliphatic carbocycles. The van der Waals surface area contributed by atoms with E-state index in [4.69, 9.17) is 0 Å². The van der Waals surface area contributed by atoms with Crippen molar-refractivity contribution >= 4 is 0 Å². The van der Waals surface area contributed by atoms with E-state index in [1.165, 1.54) is 13.0 Å². The predicted molar refractivity (Wildman–Crippen MR) is 60.4 cm³/mol. The maximum Gasteiger partial charge on any atom is 0.0312 e. The summed E-state index contributed by atoms with van der Waals surface area (Å²) in [5.74, 6) is 0. The highest BCUT2D eigenvalue weighted by atomic mass is 15.2. The number of piperidine rings is 1. The molecule has 0 amide bonds. The normalized spacial score (nSPS) is 32.0. The van der Waals surface area contributed by atoms with Crippen molar-refractivity contribution in [1.29, 1.82) is 0 Å². The van der Waals surface area contributed by atoms with Gasteiger partial charge in [0, 0.05) is 30.7 Å². The second kappa shape index (κ2) is 3.67. The minimum atomic E-state index is 0.604. The Kier molecular flexibility index (Phi) is 2.67. The van der Waals surface area contributed by atoms with Gasteiger partial charge in [0.1, 0.15) is 0 Å². The Bertz CT molecular complexity index is 243. The second-order valence-electron chi connectivity index (χ2n) is 5.18. The quantitative estimate of drug-likeness (QED) is 0.689. The molecule has 2 rings (SSSR count). The zero-order chi connectivity index (χ0) is 10.3. The van der Waals surface area contributed by atoms with Crippen molar-refractivity contribution in [2.24, 2.45) is 0 Å². The van der Waals surface area contributed by atoms with Gasteiger partial charge in [0.25, 0.3) is 0 Å². The SMILES string of the molecule is CC(C)NC1CC2C=C1CN2C(C)C. The summed E-state index contributed by atoms with van der Waals surface area (Å²) in [5, 5.41) is 3.64. The first-order valence-corrected chi connectivity index (χ1v) is 5.80. The third kappa shape index (κ3) is 1.73. The lowest BCUT2D eigenvalue weighted by atomic mass is 10.0. The Morgan fingerprint density at radius 1 is 1.36 bits per heavy atom. The van der Waals surface area contributed by atoms with Crippen LogP contribution in [0, 0.1) is 0 Å². The van der Waals surface area contributed by atoms with E-state index in [1.807, 2.05) is 0 Å². The summed E-state index contributed by atoms with van der Waals surface area (Å²) in [5.41, 5.74) is 1.62. The van der Waals surface area contributed by atoms with Crippen LogP contribution in [0.1, 0.15) is 34.1 Å². The van der Waals surface area contributed by atoms with Crippen LogP contribution in [0.25, 0.3) is 0 Å². The maximum atomic E-state index is 3.64. The van der Waals surface area contributed by atoms with E-state index < -0.39 is 0 Å². The molecule has 2 heteroatoms. The Morgan fingerprint density at radius 3 is 2.50 bits per heavy atom. The molecule has 80 valence electrons. The molecule has 0 fully saturated rings. The zero-order valence-corrected chi connectivity index (χ0v) is 9.75. The number of nitrogens with zero attached hydrogens (tertiary/aromatic N) is 1. The van der Waals surface area contributed by atoms with Gasteiger partial charge in [0.15, 0.2) is 0 Å². The van der Waals surface area contributed by atoms with E-state index in [0.29, 0.717) is 24.2 Å². The van der Waals surface area contributed by atoms with Gasteiger partial charge in [-0.1, -0.05) is 19.9 Å². The molecule has 1 heterocycles. The van der Waals surface area contributed by atoms with E-state index in [2.05, 4.69) is 44.0 Å². The molecular weight excluding hydrogens is 172 g/mol. The van der Waals surface area contributed by atoms with Gasteiger partial charge < -0.3 is 5.32 Å². The van der Waals surface area contributed by atoms with Crippen LogP contribution in [0.2, 0.25) is 0 Å². The highest BCUT2D eigenvalue weighted by Crippen LogP contribution is 2.33. The lowest BCUT2D eigenvalue weighted by Crippen LogP contribution is -2.47. The molecule has 2 bridgehead atoms.